The third kappa shape index (κ3) is 3.13. The number of benzene rings is 1. The number of amides is 1. The zero-order chi connectivity index (χ0) is 13.7. The number of carbonyl (C=O) groups excluding carboxylic acids is 2. The third-order valence-electron chi connectivity index (χ3n) is 2.44. The molecule has 6 nitrogen and oxygen atoms in total. The number of methoxy groups -OCH3 is 1. The first-order chi connectivity index (χ1) is 8.49. The van der Waals surface area contributed by atoms with Crippen LogP contribution in [-0.4, -0.2) is 32.1 Å². The smallest absolute Gasteiger partial charge is 0.327 e. The van der Waals surface area contributed by atoms with Gasteiger partial charge in [0.25, 0.3) is 5.91 Å². The van der Waals surface area contributed by atoms with E-state index in [0.29, 0.717) is 16.9 Å². The first-order valence-corrected chi connectivity index (χ1v) is 5.45. The van der Waals surface area contributed by atoms with E-state index in [0.717, 1.165) is 0 Å². The Bertz CT molecular complexity index is 460. The third-order valence-corrected chi connectivity index (χ3v) is 2.44. The van der Waals surface area contributed by atoms with Crippen molar-refractivity contribution in [2.75, 3.05) is 25.2 Å². The van der Waals surface area contributed by atoms with Gasteiger partial charge in [-0.2, -0.15) is 0 Å². The van der Waals surface area contributed by atoms with Crippen molar-refractivity contribution in [3.8, 4) is 0 Å². The fourth-order valence-corrected chi connectivity index (χ4v) is 1.48. The summed E-state index contributed by atoms with van der Waals surface area (Å²) in [5, 5.41) is 5.42. The highest BCUT2D eigenvalue weighted by atomic mass is 16.5. The average Bonchev–Trinajstić information content (AvgIpc) is 2.37. The Morgan fingerprint density at radius 2 is 2.06 bits per heavy atom. The number of hydrogen-bond donors (Lipinski definition) is 3. The molecule has 1 atom stereocenters. The Balaban J connectivity index is 3.02. The molecule has 0 aliphatic heterocycles. The second-order valence-corrected chi connectivity index (χ2v) is 3.77. The van der Waals surface area contributed by atoms with Gasteiger partial charge in [0, 0.05) is 18.4 Å². The lowest BCUT2D eigenvalue weighted by atomic mass is 10.1. The molecule has 1 unspecified atom stereocenters. The van der Waals surface area contributed by atoms with E-state index >= 15 is 0 Å². The van der Waals surface area contributed by atoms with Crippen LogP contribution in [0.5, 0.6) is 0 Å². The summed E-state index contributed by atoms with van der Waals surface area (Å²) in [4.78, 5) is 23.0. The van der Waals surface area contributed by atoms with Gasteiger partial charge in [-0.25, -0.2) is 4.79 Å². The van der Waals surface area contributed by atoms with Crippen LogP contribution in [-0.2, 0) is 9.53 Å². The molecule has 1 amide bonds. The molecule has 98 valence electrons. The van der Waals surface area contributed by atoms with E-state index in [1.807, 2.05) is 0 Å². The fourth-order valence-electron chi connectivity index (χ4n) is 1.48. The van der Waals surface area contributed by atoms with Crippen LogP contribution in [0.1, 0.15) is 17.3 Å². The van der Waals surface area contributed by atoms with Crippen LogP contribution in [0.25, 0.3) is 0 Å². The predicted molar refractivity (Wildman–Crippen MR) is 69.3 cm³/mol. The Kier molecular flexibility index (Phi) is 4.53. The number of nitrogens with one attached hydrogen (secondary N) is 2. The number of esters is 1. The normalized spacial score (nSPS) is 11.5. The van der Waals surface area contributed by atoms with Gasteiger partial charge in [0.2, 0.25) is 0 Å². The summed E-state index contributed by atoms with van der Waals surface area (Å²) in [5.74, 6) is -0.671. The lowest BCUT2D eigenvalue weighted by Crippen LogP contribution is -2.29. The molecule has 0 bridgehead atoms. The molecule has 6 heteroatoms. The van der Waals surface area contributed by atoms with Gasteiger partial charge in [-0.3, -0.25) is 4.79 Å². The van der Waals surface area contributed by atoms with E-state index in [4.69, 9.17) is 5.73 Å². The quantitative estimate of drug-likeness (QED) is 0.538. The highest BCUT2D eigenvalue weighted by molar-refractivity contribution is 6.00. The number of anilines is 2. The van der Waals surface area contributed by atoms with Gasteiger partial charge >= 0.3 is 5.97 Å². The first kappa shape index (κ1) is 13.8. The topological polar surface area (TPSA) is 93.5 Å². The number of nitrogen functional groups attached to an aromatic ring is 1. The lowest BCUT2D eigenvalue weighted by Gasteiger charge is -2.16. The van der Waals surface area contributed by atoms with Crippen molar-refractivity contribution in [1.82, 2.24) is 5.32 Å². The number of rotatable bonds is 4. The maximum Gasteiger partial charge on any atom is 0.327 e. The van der Waals surface area contributed by atoms with Gasteiger partial charge in [-0.15, -0.1) is 0 Å². The molecule has 0 aromatic heterocycles. The molecule has 18 heavy (non-hydrogen) atoms. The molecule has 0 radical (unpaired) electrons. The van der Waals surface area contributed by atoms with Gasteiger partial charge < -0.3 is 21.1 Å². The molecule has 0 saturated carbocycles. The predicted octanol–water partition coefficient (Wildman–Crippen LogP) is 0.602. The maximum absolute atomic E-state index is 11.7. The Morgan fingerprint density at radius 1 is 1.39 bits per heavy atom. The Morgan fingerprint density at radius 3 is 2.61 bits per heavy atom. The zero-order valence-corrected chi connectivity index (χ0v) is 10.6. The van der Waals surface area contributed by atoms with E-state index < -0.39 is 12.0 Å². The van der Waals surface area contributed by atoms with Crippen LogP contribution in [0, 0.1) is 0 Å². The van der Waals surface area contributed by atoms with Crippen LogP contribution in [0.3, 0.4) is 0 Å². The molecule has 1 aromatic carbocycles. The molecular weight excluding hydrogens is 234 g/mol. The highest BCUT2D eigenvalue weighted by Crippen LogP contribution is 2.20. The van der Waals surface area contributed by atoms with Crippen molar-refractivity contribution >= 4 is 23.3 Å². The van der Waals surface area contributed by atoms with E-state index in [1.54, 1.807) is 25.1 Å². The van der Waals surface area contributed by atoms with Crippen molar-refractivity contribution in [2.45, 2.75) is 13.0 Å². The Hall–Kier alpha value is -2.24. The Labute approximate surface area is 105 Å². The fraction of sp³-hybridized carbons (Fsp3) is 0.333. The molecule has 0 heterocycles. The monoisotopic (exact) mass is 251 g/mol. The number of hydrogen-bond acceptors (Lipinski definition) is 5. The molecule has 4 N–H and O–H groups in total. The van der Waals surface area contributed by atoms with Crippen LogP contribution in [0.15, 0.2) is 18.2 Å². The maximum atomic E-state index is 11.7. The van der Waals surface area contributed by atoms with Crippen molar-refractivity contribution in [2.24, 2.45) is 0 Å². The summed E-state index contributed by atoms with van der Waals surface area (Å²) in [6.45, 7) is 1.64. The number of carbonyl (C=O) groups is 2. The van der Waals surface area contributed by atoms with E-state index in [1.165, 1.54) is 14.2 Å². The highest BCUT2D eigenvalue weighted by Gasteiger charge is 2.17. The minimum atomic E-state index is -0.569. The summed E-state index contributed by atoms with van der Waals surface area (Å²) in [5.41, 5.74) is 7.08. The van der Waals surface area contributed by atoms with E-state index in [9.17, 15) is 9.59 Å². The lowest BCUT2D eigenvalue weighted by molar-refractivity contribution is -0.141. The molecule has 0 aliphatic rings. The summed E-state index contributed by atoms with van der Waals surface area (Å²) >= 11 is 0. The SMILES string of the molecule is CNC(=O)c1ccc(N)cc1NC(C)C(=O)OC. The van der Waals surface area contributed by atoms with Gasteiger partial charge in [0.1, 0.15) is 6.04 Å². The van der Waals surface area contributed by atoms with Gasteiger partial charge in [0.15, 0.2) is 0 Å². The van der Waals surface area contributed by atoms with Crippen LogP contribution < -0.4 is 16.4 Å². The van der Waals surface area contributed by atoms with Crippen molar-refractivity contribution < 1.29 is 14.3 Å². The van der Waals surface area contributed by atoms with Crippen LogP contribution in [0.2, 0.25) is 0 Å². The minimum Gasteiger partial charge on any atom is -0.467 e. The zero-order valence-electron chi connectivity index (χ0n) is 10.6. The molecule has 0 fully saturated rings. The summed E-state index contributed by atoms with van der Waals surface area (Å²) < 4.78 is 4.61. The minimum absolute atomic E-state index is 0.255. The van der Waals surface area contributed by atoms with E-state index in [-0.39, 0.29) is 5.91 Å². The van der Waals surface area contributed by atoms with Gasteiger partial charge in [-0.1, -0.05) is 0 Å². The molecule has 0 aliphatic carbocycles. The summed E-state index contributed by atoms with van der Waals surface area (Å²) in [6.07, 6.45) is 0. The molecule has 1 aromatic rings. The standard InChI is InChI=1S/C12H17N3O3/c1-7(12(17)18-3)15-10-6-8(13)4-5-9(10)11(16)14-2/h4-7,15H,13H2,1-3H3,(H,14,16). The number of nitrogens with two attached hydrogens (primary N) is 1. The summed E-state index contributed by atoms with van der Waals surface area (Å²) in [6, 6.07) is 4.25. The van der Waals surface area contributed by atoms with Crippen molar-refractivity contribution in [3.05, 3.63) is 23.8 Å². The van der Waals surface area contributed by atoms with Gasteiger partial charge in [-0.05, 0) is 25.1 Å². The van der Waals surface area contributed by atoms with Crippen LogP contribution in [0.4, 0.5) is 11.4 Å². The second kappa shape index (κ2) is 5.90. The average molecular weight is 251 g/mol. The number of ether oxygens (including phenoxy) is 1. The first-order valence-electron chi connectivity index (χ1n) is 5.45. The molecule has 0 spiro atoms. The van der Waals surface area contributed by atoms with E-state index in [2.05, 4.69) is 15.4 Å². The van der Waals surface area contributed by atoms with Crippen molar-refractivity contribution in [1.29, 1.82) is 0 Å². The molecular formula is C12H17N3O3. The largest absolute Gasteiger partial charge is 0.467 e. The van der Waals surface area contributed by atoms with Gasteiger partial charge in [0.05, 0.1) is 12.7 Å². The van der Waals surface area contributed by atoms with Crippen LogP contribution >= 0.6 is 0 Å². The van der Waals surface area contributed by atoms with Crippen molar-refractivity contribution in [3.63, 3.8) is 0 Å². The summed E-state index contributed by atoms with van der Waals surface area (Å²) in [7, 11) is 2.84. The molecule has 0 saturated heterocycles. The molecule has 1 rings (SSSR count). The second-order valence-electron chi connectivity index (χ2n) is 3.77.